The van der Waals surface area contributed by atoms with Crippen molar-refractivity contribution < 1.29 is 23.8 Å². The van der Waals surface area contributed by atoms with Crippen LogP contribution >= 0.6 is 0 Å². The summed E-state index contributed by atoms with van der Waals surface area (Å²) in [6, 6.07) is 7.11. The van der Waals surface area contributed by atoms with Crippen LogP contribution < -0.4 is 19.7 Å². The number of amides is 2. The molecule has 1 aromatic carbocycles. The fraction of sp³-hybridized carbons (Fsp3) is 0.444. The summed E-state index contributed by atoms with van der Waals surface area (Å²) in [4.78, 5) is 43.3. The summed E-state index contributed by atoms with van der Waals surface area (Å²) >= 11 is 0. The number of imidazole rings is 1. The number of hydrogen-bond acceptors (Lipinski definition) is 9. The molecule has 2 aliphatic rings. The molecule has 206 valence electrons. The minimum Gasteiger partial charge on any atom is -0.497 e. The van der Waals surface area contributed by atoms with E-state index in [0.717, 1.165) is 12.0 Å². The van der Waals surface area contributed by atoms with E-state index in [0.29, 0.717) is 62.5 Å². The molecule has 2 saturated heterocycles. The SMILES string of the molecule is COc1cc(CNC(=O)CC2CN(C(=O)C3CCOC3)CCN2c2cc(-n3ccnc3)ncn2)cc(OC)c1. The van der Waals surface area contributed by atoms with Crippen LogP contribution in [0.2, 0.25) is 0 Å². The molecule has 3 aromatic rings. The molecular weight excluding hydrogens is 502 g/mol. The van der Waals surface area contributed by atoms with Crippen molar-refractivity contribution in [3.8, 4) is 17.3 Å². The predicted octanol–water partition coefficient (Wildman–Crippen LogP) is 1.44. The Morgan fingerprint density at radius 1 is 1.08 bits per heavy atom. The van der Waals surface area contributed by atoms with Crippen LogP contribution in [0.1, 0.15) is 18.4 Å². The standard InChI is InChI=1S/C27H33N7O5/c1-37-22-9-19(10-23(12-22)38-2)14-29-26(35)11-21-15-32(27(36)20-3-8-39-16-20)6-7-34(21)25-13-24(30-17-31-25)33-5-4-28-18-33/h4-5,9-10,12-13,17-18,20-21H,3,6-8,11,14-16H2,1-2H3,(H,29,35). The maximum atomic E-state index is 13.2. The summed E-state index contributed by atoms with van der Waals surface area (Å²) in [5.74, 6) is 2.51. The van der Waals surface area contributed by atoms with E-state index in [1.165, 1.54) is 6.33 Å². The number of methoxy groups -OCH3 is 2. The van der Waals surface area contributed by atoms with E-state index in [1.54, 1.807) is 37.4 Å². The van der Waals surface area contributed by atoms with E-state index in [9.17, 15) is 9.59 Å². The molecule has 12 nitrogen and oxygen atoms in total. The van der Waals surface area contributed by atoms with Crippen LogP contribution in [0.15, 0.2) is 49.3 Å². The quantitative estimate of drug-likeness (QED) is 0.433. The highest BCUT2D eigenvalue weighted by Gasteiger charge is 2.35. The number of nitrogens with zero attached hydrogens (tertiary/aromatic N) is 6. The molecule has 0 bridgehead atoms. The number of benzene rings is 1. The first-order valence-corrected chi connectivity index (χ1v) is 13.0. The zero-order chi connectivity index (χ0) is 27.2. The lowest BCUT2D eigenvalue weighted by Gasteiger charge is -2.42. The lowest BCUT2D eigenvalue weighted by Crippen LogP contribution is -2.57. The van der Waals surface area contributed by atoms with Gasteiger partial charge in [0.15, 0.2) is 0 Å². The average Bonchev–Trinajstić information content (AvgIpc) is 3.71. The molecular formula is C27H33N7O5. The molecule has 12 heteroatoms. The molecule has 2 amide bonds. The second kappa shape index (κ2) is 12.1. The summed E-state index contributed by atoms with van der Waals surface area (Å²) in [7, 11) is 3.18. The van der Waals surface area contributed by atoms with Gasteiger partial charge in [0.05, 0.1) is 32.8 Å². The van der Waals surface area contributed by atoms with Crippen LogP contribution in [0.25, 0.3) is 5.82 Å². The van der Waals surface area contributed by atoms with Gasteiger partial charge in [-0.3, -0.25) is 14.2 Å². The second-order valence-corrected chi connectivity index (χ2v) is 9.60. The Hall–Kier alpha value is -4.19. The zero-order valence-electron chi connectivity index (χ0n) is 22.2. The summed E-state index contributed by atoms with van der Waals surface area (Å²) in [5, 5.41) is 3.01. The Morgan fingerprint density at radius 3 is 2.56 bits per heavy atom. The molecule has 2 aliphatic heterocycles. The molecule has 5 rings (SSSR count). The zero-order valence-corrected chi connectivity index (χ0v) is 22.2. The molecule has 2 aromatic heterocycles. The maximum Gasteiger partial charge on any atom is 0.228 e. The van der Waals surface area contributed by atoms with Gasteiger partial charge in [-0.25, -0.2) is 15.0 Å². The molecule has 0 radical (unpaired) electrons. The van der Waals surface area contributed by atoms with Crippen molar-refractivity contribution >= 4 is 17.6 Å². The first-order chi connectivity index (χ1) is 19.0. The first-order valence-electron chi connectivity index (χ1n) is 13.0. The summed E-state index contributed by atoms with van der Waals surface area (Å²) in [6.07, 6.45) is 7.59. The van der Waals surface area contributed by atoms with Gasteiger partial charge in [0.1, 0.15) is 35.8 Å². The molecule has 0 saturated carbocycles. The fourth-order valence-corrected chi connectivity index (χ4v) is 5.00. The molecule has 2 unspecified atom stereocenters. The number of aromatic nitrogens is 4. The third kappa shape index (κ3) is 6.28. The monoisotopic (exact) mass is 535 g/mol. The Kier molecular flexibility index (Phi) is 8.21. The number of piperazine rings is 1. The molecule has 0 spiro atoms. The third-order valence-corrected chi connectivity index (χ3v) is 7.10. The Labute approximate surface area is 226 Å². The van der Waals surface area contributed by atoms with E-state index in [1.807, 2.05) is 29.3 Å². The van der Waals surface area contributed by atoms with Gasteiger partial charge in [-0.15, -0.1) is 0 Å². The smallest absolute Gasteiger partial charge is 0.228 e. The van der Waals surface area contributed by atoms with Gasteiger partial charge in [0.2, 0.25) is 11.8 Å². The van der Waals surface area contributed by atoms with Gasteiger partial charge in [-0.05, 0) is 24.1 Å². The van der Waals surface area contributed by atoms with E-state index >= 15 is 0 Å². The van der Waals surface area contributed by atoms with Gasteiger partial charge in [0.25, 0.3) is 0 Å². The number of anilines is 1. The number of rotatable bonds is 9. The first kappa shape index (κ1) is 26.4. The van der Waals surface area contributed by atoms with Gasteiger partial charge in [-0.1, -0.05) is 0 Å². The van der Waals surface area contributed by atoms with Crippen molar-refractivity contribution in [2.45, 2.75) is 25.4 Å². The van der Waals surface area contributed by atoms with Crippen molar-refractivity contribution in [2.75, 3.05) is 52.0 Å². The van der Waals surface area contributed by atoms with Crippen LogP contribution in [-0.2, 0) is 20.9 Å². The van der Waals surface area contributed by atoms with Crippen molar-refractivity contribution in [3.05, 3.63) is 54.9 Å². The fourth-order valence-electron chi connectivity index (χ4n) is 5.00. The van der Waals surface area contributed by atoms with Crippen LogP contribution in [0.3, 0.4) is 0 Å². The minimum absolute atomic E-state index is 0.0859. The molecule has 1 N–H and O–H groups in total. The van der Waals surface area contributed by atoms with Gasteiger partial charge < -0.3 is 29.3 Å². The van der Waals surface area contributed by atoms with Crippen molar-refractivity contribution in [1.29, 1.82) is 0 Å². The predicted molar refractivity (Wildman–Crippen MR) is 142 cm³/mol. The molecule has 0 aliphatic carbocycles. The average molecular weight is 536 g/mol. The third-order valence-electron chi connectivity index (χ3n) is 7.10. The lowest BCUT2D eigenvalue weighted by molar-refractivity contribution is -0.137. The van der Waals surface area contributed by atoms with E-state index in [4.69, 9.17) is 14.2 Å². The van der Waals surface area contributed by atoms with Crippen LogP contribution in [0, 0.1) is 5.92 Å². The van der Waals surface area contributed by atoms with Gasteiger partial charge in [-0.2, -0.15) is 0 Å². The molecule has 39 heavy (non-hydrogen) atoms. The maximum absolute atomic E-state index is 13.2. The number of nitrogens with one attached hydrogen (secondary N) is 1. The van der Waals surface area contributed by atoms with Crippen molar-refractivity contribution in [3.63, 3.8) is 0 Å². The topological polar surface area (TPSA) is 124 Å². The summed E-state index contributed by atoms with van der Waals surface area (Å²) < 4.78 is 17.9. The normalized spacial score (nSPS) is 19.1. The number of hydrogen-bond donors (Lipinski definition) is 1. The van der Waals surface area contributed by atoms with Crippen molar-refractivity contribution in [2.24, 2.45) is 5.92 Å². The van der Waals surface area contributed by atoms with Crippen LogP contribution in [0.5, 0.6) is 11.5 Å². The van der Waals surface area contributed by atoms with Crippen LogP contribution in [-0.4, -0.2) is 89.3 Å². The van der Waals surface area contributed by atoms with E-state index in [2.05, 4.69) is 25.2 Å². The summed E-state index contributed by atoms with van der Waals surface area (Å²) in [5.41, 5.74) is 0.860. The molecule has 2 atom stereocenters. The van der Waals surface area contributed by atoms with E-state index in [-0.39, 0.29) is 30.2 Å². The van der Waals surface area contributed by atoms with Crippen LogP contribution in [0.4, 0.5) is 5.82 Å². The minimum atomic E-state index is -0.268. The highest BCUT2D eigenvalue weighted by atomic mass is 16.5. The Bertz CT molecular complexity index is 1260. The van der Waals surface area contributed by atoms with Crippen molar-refractivity contribution in [1.82, 2.24) is 29.7 Å². The Morgan fingerprint density at radius 2 is 1.87 bits per heavy atom. The number of ether oxygens (including phenoxy) is 3. The van der Waals surface area contributed by atoms with E-state index < -0.39 is 0 Å². The highest BCUT2D eigenvalue weighted by Crippen LogP contribution is 2.25. The molecule has 2 fully saturated rings. The second-order valence-electron chi connectivity index (χ2n) is 9.60. The summed E-state index contributed by atoms with van der Waals surface area (Å²) in [6.45, 7) is 2.88. The highest BCUT2D eigenvalue weighted by molar-refractivity contribution is 5.80. The number of carbonyl (C=O) groups excluding carboxylic acids is 2. The van der Waals surface area contributed by atoms with Gasteiger partial charge in [0, 0.05) is 63.7 Å². The molecule has 4 heterocycles. The Balaban J connectivity index is 1.32. The lowest BCUT2D eigenvalue weighted by atomic mass is 10.0. The largest absolute Gasteiger partial charge is 0.497 e. The number of carbonyl (C=O) groups is 2. The van der Waals surface area contributed by atoms with Gasteiger partial charge >= 0.3 is 0 Å².